The van der Waals surface area contributed by atoms with Gasteiger partial charge in [-0.15, -0.1) is 0 Å². The number of hydrogen-bond acceptors (Lipinski definition) is 4. The van der Waals surface area contributed by atoms with E-state index in [9.17, 15) is 0 Å². The van der Waals surface area contributed by atoms with Gasteiger partial charge in [-0.1, -0.05) is 42.5 Å². The third-order valence-corrected chi connectivity index (χ3v) is 4.22. The van der Waals surface area contributed by atoms with Crippen LogP contribution in [-0.4, -0.2) is 0 Å². The van der Waals surface area contributed by atoms with E-state index in [1.807, 2.05) is 84.9 Å². The average Bonchev–Trinajstić information content (AvgIpc) is 2.70. The van der Waals surface area contributed by atoms with Crippen LogP contribution in [-0.2, 0) is 0 Å². The lowest BCUT2D eigenvalue weighted by Crippen LogP contribution is -1.92. The fourth-order valence-corrected chi connectivity index (χ4v) is 2.92. The van der Waals surface area contributed by atoms with Crippen LogP contribution in [0.3, 0.4) is 0 Å². The minimum Gasteiger partial charge on any atom is -0.457 e. The van der Waals surface area contributed by atoms with Crippen molar-refractivity contribution in [2.24, 2.45) is 0 Å². The van der Waals surface area contributed by atoms with Gasteiger partial charge in [0, 0.05) is 29.1 Å². The molecule has 4 heteroatoms. The number of nitrogens with two attached hydrogens (primary N) is 2. The molecule has 0 atom stereocenters. The van der Waals surface area contributed by atoms with Gasteiger partial charge >= 0.3 is 0 Å². The topological polar surface area (TPSA) is 70.5 Å². The van der Waals surface area contributed by atoms with Gasteiger partial charge in [0.1, 0.15) is 23.0 Å². The minimum absolute atomic E-state index is 0.653. The summed E-state index contributed by atoms with van der Waals surface area (Å²) in [7, 11) is 0. The van der Waals surface area contributed by atoms with Gasteiger partial charge in [-0.25, -0.2) is 0 Å². The van der Waals surface area contributed by atoms with Gasteiger partial charge in [-0.05, 0) is 48.0 Å². The summed E-state index contributed by atoms with van der Waals surface area (Å²) in [6, 6.07) is 30.5. The van der Waals surface area contributed by atoms with Gasteiger partial charge in [0.25, 0.3) is 0 Å². The third kappa shape index (κ3) is 4.07. The number of anilines is 2. The maximum absolute atomic E-state index is 6.11. The van der Waals surface area contributed by atoms with Gasteiger partial charge in [0.15, 0.2) is 0 Å². The zero-order chi connectivity index (χ0) is 19.3. The van der Waals surface area contributed by atoms with E-state index in [4.69, 9.17) is 20.9 Å². The van der Waals surface area contributed by atoms with Crippen molar-refractivity contribution in [1.82, 2.24) is 0 Å². The summed E-state index contributed by atoms with van der Waals surface area (Å²) in [5, 5.41) is 0. The summed E-state index contributed by atoms with van der Waals surface area (Å²) in [6.45, 7) is 0. The van der Waals surface area contributed by atoms with Crippen molar-refractivity contribution in [3.8, 4) is 34.1 Å². The lowest BCUT2D eigenvalue weighted by Gasteiger charge is -2.14. The Morgan fingerprint density at radius 1 is 0.500 bits per heavy atom. The lowest BCUT2D eigenvalue weighted by atomic mass is 10.0. The molecule has 4 aromatic carbocycles. The van der Waals surface area contributed by atoms with E-state index in [2.05, 4.69) is 0 Å². The summed E-state index contributed by atoms with van der Waals surface area (Å²) in [5.74, 6) is 2.78. The maximum atomic E-state index is 6.11. The van der Waals surface area contributed by atoms with Crippen molar-refractivity contribution in [2.75, 3.05) is 11.5 Å². The van der Waals surface area contributed by atoms with Crippen LogP contribution in [0.25, 0.3) is 11.1 Å². The molecule has 4 aromatic rings. The van der Waals surface area contributed by atoms with Crippen LogP contribution in [0, 0.1) is 0 Å². The van der Waals surface area contributed by atoms with E-state index >= 15 is 0 Å². The first-order valence-corrected chi connectivity index (χ1v) is 8.94. The Bertz CT molecular complexity index is 1090. The smallest absolute Gasteiger partial charge is 0.135 e. The second-order valence-corrected chi connectivity index (χ2v) is 6.37. The molecule has 0 aliphatic heterocycles. The Labute approximate surface area is 164 Å². The van der Waals surface area contributed by atoms with Gasteiger partial charge in [-0.3, -0.25) is 0 Å². The molecule has 0 radical (unpaired) electrons. The van der Waals surface area contributed by atoms with Crippen LogP contribution >= 0.6 is 0 Å². The van der Waals surface area contributed by atoms with E-state index in [1.54, 1.807) is 12.1 Å². The first kappa shape index (κ1) is 17.5. The van der Waals surface area contributed by atoms with Crippen LogP contribution in [0.1, 0.15) is 0 Å². The SMILES string of the molecule is Nc1cccc(Oc2ccc(Oc3cccc(N)c3)c(-c3ccccc3)c2)c1. The van der Waals surface area contributed by atoms with Crippen molar-refractivity contribution in [1.29, 1.82) is 0 Å². The second-order valence-electron chi connectivity index (χ2n) is 6.37. The number of rotatable bonds is 5. The molecule has 0 aromatic heterocycles. The molecule has 0 spiro atoms. The molecular formula is C24H20N2O2. The van der Waals surface area contributed by atoms with E-state index < -0.39 is 0 Å². The highest BCUT2D eigenvalue weighted by Crippen LogP contribution is 2.37. The quantitative estimate of drug-likeness (QED) is 0.417. The molecule has 0 aliphatic carbocycles. The molecule has 0 saturated carbocycles. The van der Waals surface area contributed by atoms with E-state index in [-0.39, 0.29) is 0 Å². The molecule has 0 amide bonds. The molecule has 0 aliphatic rings. The van der Waals surface area contributed by atoms with Crippen molar-refractivity contribution in [2.45, 2.75) is 0 Å². The van der Waals surface area contributed by atoms with Crippen LogP contribution in [0.2, 0.25) is 0 Å². The van der Waals surface area contributed by atoms with Crippen LogP contribution in [0.5, 0.6) is 23.0 Å². The molecule has 4 N–H and O–H groups in total. The normalized spacial score (nSPS) is 10.4. The Morgan fingerprint density at radius 2 is 1.11 bits per heavy atom. The molecule has 138 valence electrons. The number of nitrogen functional groups attached to an aromatic ring is 2. The van der Waals surface area contributed by atoms with Crippen LogP contribution < -0.4 is 20.9 Å². The highest BCUT2D eigenvalue weighted by molar-refractivity contribution is 5.72. The first-order chi connectivity index (χ1) is 13.7. The molecule has 0 unspecified atom stereocenters. The third-order valence-electron chi connectivity index (χ3n) is 4.22. The predicted molar refractivity (Wildman–Crippen MR) is 114 cm³/mol. The lowest BCUT2D eigenvalue weighted by molar-refractivity contribution is 0.471. The number of ether oxygens (including phenoxy) is 2. The Morgan fingerprint density at radius 3 is 1.75 bits per heavy atom. The van der Waals surface area contributed by atoms with Gasteiger partial charge in [0.2, 0.25) is 0 Å². The van der Waals surface area contributed by atoms with Crippen LogP contribution in [0.15, 0.2) is 97.1 Å². The average molecular weight is 368 g/mol. The summed E-state index contributed by atoms with van der Waals surface area (Å²) < 4.78 is 12.1. The maximum Gasteiger partial charge on any atom is 0.135 e. The molecule has 4 nitrogen and oxygen atoms in total. The number of benzene rings is 4. The predicted octanol–water partition coefficient (Wildman–Crippen LogP) is 6.10. The van der Waals surface area contributed by atoms with Crippen LogP contribution in [0.4, 0.5) is 11.4 Å². The van der Waals surface area contributed by atoms with Crippen molar-refractivity contribution < 1.29 is 9.47 Å². The Kier molecular flexibility index (Phi) is 4.85. The standard InChI is InChI=1S/C24H20N2O2/c25-18-8-4-10-20(14-18)27-22-12-13-24(28-21-11-5-9-19(26)15-21)23(16-22)17-6-2-1-3-7-17/h1-16H,25-26H2. The highest BCUT2D eigenvalue weighted by atomic mass is 16.5. The molecule has 28 heavy (non-hydrogen) atoms. The van der Waals surface area contributed by atoms with Gasteiger partial charge < -0.3 is 20.9 Å². The first-order valence-electron chi connectivity index (χ1n) is 8.94. The summed E-state index contributed by atoms with van der Waals surface area (Å²) in [5.41, 5.74) is 15.0. The molecule has 0 saturated heterocycles. The van der Waals surface area contributed by atoms with E-state index in [1.165, 1.54) is 0 Å². The fraction of sp³-hybridized carbons (Fsp3) is 0. The van der Waals surface area contributed by atoms with E-state index in [0.717, 1.165) is 16.9 Å². The molecule has 0 heterocycles. The largest absolute Gasteiger partial charge is 0.457 e. The summed E-state index contributed by atoms with van der Waals surface area (Å²) in [6.07, 6.45) is 0. The molecule has 0 fully saturated rings. The van der Waals surface area contributed by atoms with E-state index in [0.29, 0.717) is 28.6 Å². The summed E-state index contributed by atoms with van der Waals surface area (Å²) in [4.78, 5) is 0. The number of hydrogen-bond donors (Lipinski definition) is 2. The van der Waals surface area contributed by atoms with Gasteiger partial charge in [-0.2, -0.15) is 0 Å². The molecule has 4 rings (SSSR count). The van der Waals surface area contributed by atoms with Gasteiger partial charge in [0.05, 0.1) is 0 Å². The van der Waals surface area contributed by atoms with Crippen molar-refractivity contribution >= 4 is 11.4 Å². The zero-order valence-electron chi connectivity index (χ0n) is 15.2. The summed E-state index contributed by atoms with van der Waals surface area (Å²) >= 11 is 0. The van der Waals surface area contributed by atoms with Crippen molar-refractivity contribution in [3.63, 3.8) is 0 Å². The Balaban J connectivity index is 1.71. The molecular weight excluding hydrogens is 348 g/mol. The highest BCUT2D eigenvalue weighted by Gasteiger charge is 2.11. The monoisotopic (exact) mass is 368 g/mol. The minimum atomic E-state index is 0.653. The fourth-order valence-electron chi connectivity index (χ4n) is 2.92. The second kappa shape index (κ2) is 7.76. The Hall–Kier alpha value is -3.92. The van der Waals surface area contributed by atoms with Crippen molar-refractivity contribution in [3.05, 3.63) is 97.1 Å². The zero-order valence-corrected chi connectivity index (χ0v) is 15.2. The molecule has 0 bridgehead atoms.